The third-order valence-corrected chi connectivity index (χ3v) is 4.32. The van der Waals surface area contributed by atoms with E-state index in [9.17, 15) is 4.79 Å². The number of aromatic nitrogens is 2. The number of rotatable bonds is 1. The highest BCUT2D eigenvalue weighted by Crippen LogP contribution is 2.28. The van der Waals surface area contributed by atoms with E-state index in [1.165, 1.54) is 5.56 Å². The van der Waals surface area contributed by atoms with Crippen molar-refractivity contribution in [3.63, 3.8) is 0 Å². The molecule has 108 valence electrons. The monoisotopic (exact) mass is 293 g/mol. The van der Waals surface area contributed by atoms with Crippen molar-refractivity contribution in [2.45, 2.75) is 45.2 Å². The zero-order valence-electron chi connectivity index (χ0n) is 11.8. The summed E-state index contributed by atoms with van der Waals surface area (Å²) in [7, 11) is 0. The van der Waals surface area contributed by atoms with E-state index in [1.54, 1.807) is 10.9 Å². The summed E-state index contributed by atoms with van der Waals surface area (Å²) in [6.07, 6.45) is 4.53. The molecule has 5 heteroatoms. The maximum atomic E-state index is 12.6. The van der Waals surface area contributed by atoms with Crippen LogP contribution < -0.4 is 11.3 Å². The van der Waals surface area contributed by atoms with Crippen LogP contribution in [0.25, 0.3) is 10.9 Å². The van der Waals surface area contributed by atoms with Crippen molar-refractivity contribution >= 4 is 23.3 Å². The number of aryl methyl sites for hydroxylation is 2. The highest BCUT2D eigenvalue weighted by molar-refractivity contribution is 5.85. The first-order valence-electron chi connectivity index (χ1n) is 6.80. The minimum Gasteiger partial charge on any atom is -0.328 e. The van der Waals surface area contributed by atoms with E-state index in [0.717, 1.165) is 30.3 Å². The lowest BCUT2D eigenvalue weighted by molar-refractivity contribution is 0.491. The molecule has 4 nitrogen and oxygen atoms in total. The molecule has 0 unspecified atom stereocenters. The molecule has 2 N–H and O–H groups in total. The SMILES string of the molecule is Cc1ccc2c(=O)n([C@@H]3CC[C@@H](N)C3)cnc2c1C.Cl. The van der Waals surface area contributed by atoms with Gasteiger partial charge in [0.15, 0.2) is 0 Å². The summed E-state index contributed by atoms with van der Waals surface area (Å²) < 4.78 is 1.77. The highest BCUT2D eigenvalue weighted by atomic mass is 35.5. The van der Waals surface area contributed by atoms with Crippen LogP contribution in [0.4, 0.5) is 0 Å². The first-order chi connectivity index (χ1) is 9.08. The topological polar surface area (TPSA) is 60.9 Å². The molecule has 0 bridgehead atoms. The average Bonchev–Trinajstić information content (AvgIpc) is 2.81. The Labute approximate surface area is 124 Å². The van der Waals surface area contributed by atoms with Crippen LogP contribution >= 0.6 is 12.4 Å². The fourth-order valence-corrected chi connectivity index (χ4v) is 2.96. The van der Waals surface area contributed by atoms with Gasteiger partial charge in [-0.3, -0.25) is 9.36 Å². The zero-order valence-corrected chi connectivity index (χ0v) is 12.6. The van der Waals surface area contributed by atoms with Crippen LogP contribution in [-0.4, -0.2) is 15.6 Å². The third kappa shape index (κ3) is 2.34. The van der Waals surface area contributed by atoms with Crippen molar-refractivity contribution in [3.8, 4) is 0 Å². The third-order valence-electron chi connectivity index (χ3n) is 4.32. The van der Waals surface area contributed by atoms with Gasteiger partial charge in [-0.05, 0) is 50.3 Å². The van der Waals surface area contributed by atoms with Crippen LogP contribution in [0.5, 0.6) is 0 Å². The fourth-order valence-electron chi connectivity index (χ4n) is 2.96. The molecule has 3 rings (SSSR count). The Kier molecular flexibility index (Phi) is 4.16. The Morgan fingerprint density at radius 2 is 2.05 bits per heavy atom. The minimum absolute atomic E-state index is 0. The summed E-state index contributed by atoms with van der Waals surface area (Å²) in [5.41, 5.74) is 9.07. The smallest absolute Gasteiger partial charge is 0.261 e. The summed E-state index contributed by atoms with van der Waals surface area (Å²) >= 11 is 0. The molecule has 20 heavy (non-hydrogen) atoms. The van der Waals surface area contributed by atoms with Crippen LogP contribution in [0.1, 0.15) is 36.4 Å². The molecule has 1 aromatic carbocycles. The normalized spacial score (nSPS) is 21.9. The van der Waals surface area contributed by atoms with E-state index in [-0.39, 0.29) is 30.0 Å². The van der Waals surface area contributed by atoms with Crippen LogP contribution in [0.2, 0.25) is 0 Å². The van der Waals surface area contributed by atoms with Crippen molar-refractivity contribution in [1.82, 2.24) is 9.55 Å². The highest BCUT2D eigenvalue weighted by Gasteiger charge is 2.24. The van der Waals surface area contributed by atoms with E-state index < -0.39 is 0 Å². The van der Waals surface area contributed by atoms with Gasteiger partial charge in [0.1, 0.15) is 0 Å². The number of hydrogen-bond donors (Lipinski definition) is 1. The quantitative estimate of drug-likeness (QED) is 0.879. The van der Waals surface area contributed by atoms with Crippen LogP contribution in [0, 0.1) is 13.8 Å². The second-order valence-corrected chi connectivity index (χ2v) is 5.59. The first-order valence-corrected chi connectivity index (χ1v) is 6.80. The van der Waals surface area contributed by atoms with E-state index in [2.05, 4.69) is 4.98 Å². The largest absolute Gasteiger partial charge is 0.328 e. The molecule has 1 heterocycles. The van der Waals surface area contributed by atoms with Crippen molar-refractivity contribution < 1.29 is 0 Å². The van der Waals surface area contributed by atoms with E-state index in [0.29, 0.717) is 5.39 Å². The van der Waals surface area contributed by atoms with E-state index in [4.69, 9.17) is 5.73 Å². The molecule has 0 spiro atoms. The van der Waals surface area contributed by atoms with Crippen molar-refractivity contribution in [3.05, 3.63) is 39.9 Å². The molecule has 0 radical (unpaired) electrons. The number of hydrogen-bond acceptors (Lipinski definition) is 3. The van der Waals surface area contributed by atoms with Gasteiger partial charge in [0.05, 0.1) is 17.2 Å². The number of benzene rings is 1. The summed E-state index contributed by atoms with van der Waals surface area (Å²) in [5.74, 6) is 0. The Hall–Kier alpha value is -1.39. The van der Waals surface area contributed by atoms with Gasteiger partial charge in [-0.15, -0.1) is 12.4 Å². The maximum Gasteiger partial charge on any atom is 0.261 e. The molecule has 0 saturated heterocycles. The number of nitrogens with two attached hydrogens (primary N) is 1. The molecule has 0 aliphatic heterocycles. The molecule has 1 aromatic heterocycles. The van der Waals surface area contributed by atoms with Gasteiger partial charge in [-0.25, -0.2) is 4.98 Å². The number of fused-ring (bicyclic) bond motifs is 1. The Balaban J connectivity index is 0.00000147. The Morgan fingerprint density at radius 1 is 1.30 bits per heavy atom. The summed E-state index contributed by atoms with van der Waals surface area (Å²) in [6.45, 7) is 4.05. The molecule has 0 amide bonds. The Bertz CT molecular complexity index is 695. The van der Waals surface area contributed by atoms with Crippen LogP contribution in [0.3, 0.4) is 0 Å². The molecule has 2 aromatic rings. The fraction of sp³-hybridized carbons (Fsp3) is 0.467. The van der Waals surface area contributed by atoms with Gasteiger partial charge in [-0.2, -0.15) is 0 Å². The van der Waals surface area contributed by atoms with Crippen LogP contribution in [-0.2, 0) is 0 Å². The number of halogens is 1. The molecule has 2 atom stereocenters. The zero-order chi connectivity index (χ0) is 13.6. The lowest BCUT2D eigenvalue weighted by Crippen LogP contribution is -2.25. The summed E-state index contributed by atoms with van der Waals surface area (Å²) in [6, 6.07) is 4.30. The summed E-state index contributed by atoms with van der Waals surface area (Å²) in [5, 5.41) is 0.714. The van der Waals surface area contributed by atoms with Crippen LogP contribution in [0.15, 0.2) is 23.3 Å². The number of nitrogens with zero attached hydrogens (tertiary/aromatic N) is 2. The second-order valence-electron chi connectivity index (χ2n) is 5.59. The Morgan fingerprint density at radius 3 is 2.70 bits per heavy atom. The standard InChI is InChI=1S/C15H19N3O.ClH/c1-9-3-6-13-14(10(9)2)17-8-18(15(13)19)12-5-4-11(16)7-12;/h3,6,8,11-12H,4-5,7,16H2,1-2H3;1H/t11-,12-;/m1./s1. The van der Waals surface area contributed by atoms with Gasteiger partial charge in [-0.1, -0.05) is 6.07 Å². The first kappa shape index (κ1) is 15.0. The average molecular weight is 294 g/mol. The molecule has 1 aliphatic carbocycles. The second kappa shape index (κ2) is 5.54. The predicted molar refractivity (Wildman–Crippen MR) is 83.6 cm³/mol. The predicted octanol–water partition coefficient (Wildman–Crippen LogP) is 2.49. The molecule has 1 saturated carbocycles. The van der Waals surface area contributed by atoms with Gasteiger partial charge in [0.2, 0.25) is 0 Å². The van der Waals surface area contributed by atoms with E-state index in [1.807, 2.05) is 26.0 Å². The van der Waals surface area contributed by atoms with E-state index >= 15 is 0 Å². The lowest BCUT2D eigenvalue weighted by atomic mass is 10.1. The van der Waals surface area contributed by atoms with Gasteiger partial charge >= 0.3 is 0 Å². The summed E-state index contributed by atoms with van der Waals surface area (Å²) in [4.78, 5) is 17.1. The van der Waals surface area contributed by atoms with Gasteiger partial charge in [0.25, 0.3) is 5.56 Å². The molecular weight excluding hydrogens is 274 g/mol. The lowest BCUT2D eigenvalue weighted by Gasteiger charge is -2.14. The van der Waals surface area contributed by atoms with Crippen molar-refractivity contribution in [2.24, 2.45) is 5.73 Å². The molecule has 1 fully saturated rings. The molecule has 1 aliphatic rings. The maximum absolute atomic E-state index is 12.6. The minimum atomic E-state index is 0. The molecular formula is C15H20ClN3O. The van der Waals surface area contributed by atoms with Gasteiger partial charge in [0, 0.05) is 12.1 Å². The van der Waals surface area contributed by atoms with Crippen molar-refractivity contribution in [2.75, 3.05) is 0 Å². The van der Waals surface area contributed by atoms with Gasteiger partial charge < -0.3 is 5.73 Å². The van der Waals surface area contributed by atoms with Crippen molar-refractivity contribution in [1.29, 1.82) is 0 Å².